The van der Waals surface area contributed by atoms with E-state index in [4.69, 9.17) is 18.9 Å². The second kappa shape index (κ2) is 7.76. The van der Waals surface area contributed by atoms with Crippen LogP contribution < -0.4 is 18.9 Å². The number of hydrogen-bond acceptors (Lipinski definition) is 4. The van der Waals surface area contributed by atoms with Crippen LogP contribution in [0.2, 0.25) is 0 Å². The number of benzene rings is 3. The minimum absolute atomic E-state index is 0.760. The van der Waals surface area contributed by atoms with Gasteiger partial charge in [0.15, 0.2) is 0 Å². The van der Waals surface area contributed by atoms with Crippen LogP contribution in [0.3, 0.4) is 0 Å². The van der Waals surface area contributed by atoms with Crippen LogP contribution in [0.15, 0.2) is 48.5 Å². The van der Waals surface area contributed by atoms with Gasteiger partial charge in [0.25, 0.3) is 0 Å². The molecule has 0 N–H and O–H groups in total. The third-order valence-corrected chi connectivity index (χ3v) is 6.21. The highest BCUT2D eigenvalue weighted by Gasteiger charge is 2.27. The molecule has 0 bridgehead atoms. The molecule has 1 heterocycles. The maximum atomic E-state index is 5.80. The molecule has 4 nitrogen and oxygen atoms in total. The van der Waals surface area contributed by atoms with E-state index in [0.29, 0.717) is 0 Å². The first kappa shape index (κ1) is 19.3. The van der Waals surface area contributed by atoms with Crippen LogP contribution in [-0.4, -0.2) is 28.4 Å². The molecule has 0 spiro atoms. The van der Waals surface area contributed by atoms with Gasteiger partial charge in [-0.2, -0.15) is 0 Å². The molecule has 4 rings (SSSR count). The van der Waals surface area contributed by atoms with E-state index in [1.54, 1.807) is 39.8 Å². The van der Waals surface area contributed by atoms with Crippen LogP contribution in [0.1, 0.15) is 5.56 Å². The maximum absolute atomic E-state index is 5.80. The first-order chi connectivity index (χ1) is 14.1. The maximum Gasteiger partial charge on any atom is 0.246 e. The third kappa shape index (κ3) is 3.21. The highest BCUT2D eigenvalue weighted by molar-refractivity contribution is 7.25. The molecule has 148 valence electrons. The normalized spacial score (nSPS) is 10.9. The molecule has 0 aliphatic rings. The topological polar surface area (TPSA) is 36.9 Å². The SMILES string of the molecule is COc1cc(OC)c2c(-c3ccccc3C)c3c(OC)cc(OC)cc3[s+]c2c1. The van der Waals surface area contributed by atoms with Gasteiger partial charge in [-0.1, -0.05) is 24.3 Å². The van der Waals surface area contributed by atoms with Crippen molar-refractivity contribution < 1.29 is 18.9 Å². The van der Waals surface area contributed by atoms with Gasteiger partial charge >= 0.3 is 0 Å². The Morgan fingerprint density at radius 3 is 1.62 bits per heavy atom. The van der Waals surface area contributed by atoms with Crippen molar-refractivity contribution in [1.29, 1.82) is 0 Å². The van der Waals surface area contributed by atoms with Crippen LogP contribution in [0.4, 0.5) is 0 Å². The highest BCUT2D eigenvalue weighted by Crippen LogP contribution is 2.49. The van der Waals surface area contributed by atoms with Gasteiger partial charge < -0.3 is 18.9 Å². The summed E-state index contributed by atoms with van der Waals surface area (Å²) in [5, 5.41) is 2.09. The molecule has 0 aliphatic heterocycles. The van der Waals surface area contributed by atoms with E-state index in [0.717, 1.165) is 54.3 Å². The van der Waals surface area contributed by atoms with E-state index in [1.165, 1.54) is 5.56 Å². The van der Waals surface area contributed by atoms with Crippen molar-refractivity contribution >= 4 is 31.5 Å². The Hall–Kier alpha value is -3.05. The Morgan fingerprint density at radius 2 is 1.17 bits per heavy atom. The van der Waals surface area contributed by atoms with E-state index in [2.05, 4.69) is 43.3 Å². The Kier molecular flexibility index (Phi) is 5.16. The van der Waals surface area contributed by atoms with E-state index < -0.39 is 0 Å². The van der Waals surface area contributed by atoms with Crippen LogP contribution >= 0.6 is 11.3 Å². The summed E-state index contributed by atoms with van der Waals surface area (Å²) in [6.45, 7) is 2.12. The van der Waals surface area contributed by atoms with Crippen molar-refractivity contribution in [3.8, 4) is 34.1 Å². The smallest absolute Gasteiger partial charge is 0.246 e. The Bertz CT molecular complexity index is 1150. The molecule has 1 aromatic heterocycles. The molecule has 0 saturated heterocycles. The number of methoxy groups -OCH3 is 4. The lowest BCUT2D eigenvalue weighted by molar-refractivity contribution is 0.397. The lowest BCUT2D eigenvalue weighted by atomic mass is 9.94. The van der Waals surface area contributed by atoms with Gasteiger partial charge in [-0.05, 0) is 18.1 Å². The van der Waals surface area contributed by atoms with Crippen LogP contribution in [0.25, 0.3) is 31.3 Å². The average molecular weight is 408 g/mol. The zero-order chi connectivity index (χ0) is 20.5. The van der Waals surface area contributed by atoms with Crippen molar-refractivity contribution in [3.05, 3.63) is 54.1 Å². The third-order valence-electron chi connectivity index (χ3n) is 5.12. The fourth-order valence-electron chi connectivity index (χ4n) is 3.71. The Labute approximate surface area is 174 Å². The molecule has 0 amide bonds. The predicted molar refractivity (Wildman–Crippen MR) is 120 cm³/mol. The summed E-state index contributed by atoms with van der Waals surface area (Å²) in [6, 6.07) is 16.3. The largest absolute Gasteiger partial charge is 0.496 e. The van der Waals surface area contributed by atoms with E-state index in [9.17, 15) is 0 Å². The minimum atomic E-state index is 0.760. The first-order valence-electron chi connectivity index (χ1n) is 9.24. The van der Waals surface area contributed by atoms with Gasteiger partial charge in [0.05, 0.1) is 39.2 Å². The summed E-state index contributed by atoms with van der Waals surface area (Å²) in [7, 11) is 6.72. The monoisotopic (exact) mass is 407 g/mol. The molecule has 3 aromatic carbocycles. The zero-order valence-electron chi connectivity index (χ0n) is 17.2. The Balaban J connectivity index is 2.29. The average Bonchev–Trinajstić information content (AvgIpc) is 2.76. The summed E-state index contributed by atoms with van der Waals surface area (Å²) in [5.74, 6) is 3.06. The molecular weight excluding hydrogens is 384 g/mol. The zero-order valence-corrected chi connectivity index (χ0v) is 18.0. The van der Waals surface area contributed by atoms with Gasteiger partial charge in [-0.25, -0.2) is 0 Å². The molecule has 0 unspecified atom stereocenters. The van der Waals surface area contributed by atoms with Gasteiger partial charge in [0.1, 0.15) is 23.0 Å². The number of ether oxygens (including phenoxy) is 4. The molecule has 29 heavy (non-hydrogen) atoms. The summed E-state index contributed by atoms with van der Waals surface area (Å²) in [4.78, 5) is 0. The van der Waals surface area contributed by atoms with Crippen molar-refractivity contribution in [2.24, 2.45) is 0 Å². The van der Waals surface area contributed by atoms with Gasteiger partial charge in [0.2, 0.25) is 20.7 Å². The minimum Gasteiger partial charge on any atom is -0.496 e. The van der Waals surface area contributed by atoms with Crippen molar-refractivity contribution in [3.63, 3.8) is 0 Å². The molecule has 5 heteroatoms. The van der Waals surface area contributed by atoms with Gasteiger partial charge in [0, 0.05) is 29.8 Å². The molecular formula is C24H23O4S+. The second-order valence-electron chi connectivity index (χ2n) is 6.70. The fraction of sp³-hybridized carbons (Fsp3) is 0.208. The number of fused-ring (bicyclic) bond motifs is 2. The van der Waals surface area contributed by atoms with Gasteiger partial charge in [-0.3, -0.25) is 0 Å². The summed E-state index contributed by atoms with van der Waals surface area (Å²) in [6.07, 6.45) is 0. The molecule has 0 atom stereocenters. The number of hydrogen-bond donors (Lipinski definition) is 0. The fourth-order valence-corrected chi connectivity index (χ4v) is 4.91. The van der Waals surface area contributed by atoms with Crippen LogP contribution in [0, 0.1) is 6.92 Å². The predicted octanol–water partition coefficient (Wildman–Crippen LogP) is 6.35. The van der Waals surface area contributed by atoms with E-state index >= 15 is 0 Å². The summed E-state index contributed by atoms with van der Waals surface area (Å²) in [5.41, 5.74) is 3.41. The highest BCUT2D eigenvalue weighted by atomic mass is 32.1. The molecule has 0 saturated carbocycles. The molecule has 4 aromatic rings. The lowest BCUT2D eigenvalue weighted by Crippen LogP contribution is -1.95. The molecule has 0 fully saturated rings. The van der Waals surface area contributed by atoms with E-state index in [-0.39, 0.29) is 0 Å². The lowest BCUT2D eigenvalue weighted by Gasteiger charge is -2.15. The van der Waals surface area contributed by atoms with E-state index in [1.807, 2.05) is 12.1 Å². The first-order valence-corrected chi connectivity index (χ1v) is 10.1. The molecule has 0 aliphatic carbocycles. The second-order valence-corrected chi connectivity index (χ2v) is 7.78. The van der Waals surface area contributed by atoms with Crippen molar-refractivity contribution in [2.75, 3.05) is 28.4 Å². The quantitative estimate of drug-likeness (QED) is 0.285. The van der Waals surface area contributed by atoms with Crippen molar-refractivity contribution in [2.45, 2.75) is 6.92 Å². The number of aryl methyl sites for hydroxylation is 1. The summed E-state index contributed by atoms with van der Waals surface area (Å²) >= 11 is 1.66. The molecule has 0 radical (unpaired) electrons. The number of rotatable bonds is 5. The standard InChI is InChI=1S/C24H23O4S/c1-14-8-6-7-9-17(14)22-23-18(27-4)10-15(25-2)12-20(23)29-21-13-16(26-3)11-19(28-5)24(21)22/h6-13H,1-5H3/q+1. The van der Waals surface area contributed by atoms with Crippen molar-refractivity contribution in [1.82, 2.24) is 0 Å². The Morgan fingerprint density at radius 1 is 0.655 bits per heavy atom. The summed E-state index contributed by atoms with van der Waals surface area (Å²) < 4.78 is 24.8. The van der Waals surface area contributed by atoms with Crippen LogP contribution in [-0.2, 0) is 0 Å². The van der Waals surface area contributed by atoms with Crippen LogP contribution in [0.5, 0.6) is 23.0 Å². The van der Waals surface area contributed by atoms with Gasteiger partial charge in [-0.15, -0.1) is 0 Å².